The molecule has 1 aromatic heterocycles. The van der Waals surface area contributed by atoms with Crippen LogP contribution in [0.1, 0.15) is 41.6 Å². The molecule has 1 amide bonds. The summed E-state index contributed by atoms with van der Waals surface area (Å²) < 4.78 is 4.83. The van der Waals surface area contributed by atoms with Gasteiger partial charge in [0.2, 0.25) is 5.91 Å². The average molecular weight is 444 g/mol. The Bertz CT molecular complexity index is 1370. The number of hydrogen-bond acceptors (Lipinski definition) is 5. The van der Waals surface area contributed by atoms with Crippen LogP contribution in [-0.2, 0) is 16.0 Å². The number of pyridine rings is 1. The largest absolute Gasteiger partial charge is 0.465 e. The van der Waals surface area contributed by atoms with E-state index in [0.717, 1.165) is 30.2 Å². The molecule has 0 aliphatic heterocycles. The molecule has 1 unspecified atom stereocenters. The second-order valence-corrected chi connectivity index (χ2v) is 9.23. The van der Waals surface area contributed by atoms with Gasteiger partial charge in [-0.25, -0.2) is 4.79 Å². The number of H-pyrrole nitrogens is 1. The monoisotopic (exact) mass is 443 g/mol. The van der Waals surface area contributed by atoms with E-state index in [1.54, 1.807) is 18.2 Å². The fraction of sp³-hybridized carbons (Fsp3) is 0.385. The minimum absolute atomic E-state index is 0.0197. The summed E-state index contributed by atoms with van der Waals surface area (Å²) >= 11 is 0. The summed E-state index contributed by atoms with van der Waals surface area (Å²) in [5.41, 5.74) is 1.19. The Labute approximate surface area is 190 Å². The molecule has 2 aliphatic carbocycles. The minimum atomic E-state index is -0.653. The molecule has 0 saturated heterocycles. The van der Waals surface area contributed by atoms with Gasteiger partial charge in [0.25, 0.3) is 5.56 Å². The lowest BCUT2D eigenvalue weighted by Gasteiger charge is -2.22. The third kappa shape index (κ3) is 3.76. The van der Waals surface area contributed by atoms with Crippen molar-refractivity contribution in [1.29, 1.82) is 5.26 Å². The predicted octanol–water partition coefficient (Wildman–Crippen LogP) is 3.45. The minimum Gasteiger partial charge on any atom is -0.465 e. The third-order valence-electron chi connectivity index (χ3n) is 7.31. The molecule has 168 valence electrons. The van der Waals surface area contributed by atoms with Gasteiger partial charge in [0.05, 0.1) is 24.3 Å². The highest BCUT2D eigenvalue weighted by atomic mass is 16.5. The number of aromatic nitrogens is 1. The van der Waals surface area contributed by atoms with Crippen molar-refractivity contribution in [3.05, 3.63) is 57.9 Å². The predicted molar refractivity (Wildman–Crippen MR) is 124 cm³/mol. The molecule has 7 nitrogen and oxygen atoms in total. The number of amides is 1. The Kier molecular flexibility index (Phi) is 5.37. The van der Waals surface area contributed by atoms with Crippen LogP contribution in [0.25, 0.3) is 21.7 Å². The van der Waals surface area contributed by atoms with Crippen LogP contribution >= 0.6 is 0 Å². The SMILES string of the molecule is COC(=O)c1cccc2c1[nH]c(=O)c1cc(CC(C#N)NC(=O)[C@H]3C[C@@H]4CC[C@H]3C4)ccc12. The molecule has 5 rings (SSSR count). The van der Waals surface area contributed by atoms with Crippen LogP contribution < -0.4 is 10.9 Å². The smallest absolute Gasteiger partial charge is 0.339 e. The van der Waals surface area contributed by atoms with Gasteiger partial charge in [0.1, 0.15) is 6.04 Å². The van der Waals surface area contributed by atoms with Crippen LogP contribution in [0, 0.1) is 29.1 Å². The summed E-state index contributed by atoms with van der Waals surface area (Å²) in [6.45, 7) is 0. The number of benzene rings is 2. The number of methoxy groups -OCH3 is 1. The summed E-state index contributed by atoms with van der Waals surface area (Å²) in [5.74, 6) is 0.600. The Morgan fingerprint density at radius 2 is 2.03 bits per heavy atom. The van der Waals surface area contributed by atoms with E-state index in [2.05, 4.69) is 16.4 Å². The molecule has 1 heterocycles. The number of para-hydroxylation sites is 1. The number of carbonyl (C=O) groups is 2. The van der Waals surface area contributed by atoms with Crippen LogP contribution in [-0.4, -0.2) is 30.0 Å². The Morgan fingerprint density at radius 1 is 1.18 bits per heavy atom. The van der Waals surface area contributed by atoms with Crippen molar-refractivity contribution in [2.75, 3.05) is 7.11 Å². The van der Waals surface area contributed by atoms with E-state index in [1.165, 1.54) is 13.5 Å². The lowest BCUT2D eigenvalue weighted by molar-refractivity contribution is -0.126. The number of fused-ring (bicyclic) bond motifs is 5. The van der Waals surface area contributed by atoms with Crippen molar-refractivity contribution in [1.82, 2.24) is 10.3 Å². The summed E-state index contributed by atoms with van der Waals surface area (Å²) in [6, 6.07) is 12.2. The first-order chi connectivity index (χ1) is 16.0. The van der Waals surface area contributed by atoms with Crippen molar-refractivity contribution in [3.63, 3.8) is 0 Å². The van der Waals surface area contributed by atoms with Gasteiger partial charge in [-0.15, -0.1) is 0 Å². The van der Waals surface area contributed by atoms with Gasteiger partial charge in [-0.3, -0.25) is 9.59 Å². The molecule has 3 aromatic rings. The number of esters is 1. The third-order valence-corrected chi connectivity index (χ3v) is 7.31. The van der Waals surface area contributed by atoms with Crippen LogP contribution in [0.5, 0.6) is 0 Å². The van der Waals surface area contributed by atoms with Gasteiger partial charge < -0.3 is 15.0 Å². The molecular weight excluding hydrogens is 418 g/mol. The molecule has 2 aromatic carbocycles. The van der Waals surface area contributed by atoms with E-state index < -0.39 is 12.0 Å². The zero-order chi connectivity index (χ0) is 23.1. The van der Waals surface area contributed by atoms with Crippen molar-refractivity contribution >= 4 is 33.6 Å². The van der Waals surface area contributed by atoms with Crippen molar-refractivity contribution in [3.8, 4) is 6.07 Å². The van der Waals surface area contributed by atoms with Crippen LogP contribution in [0.15, 0.2) is 41.2 Å². The fourth-order valence-corrected chi connectivity index (χ4v) is 5.72. The molecule has 7 heteroatoms. The van der Waals surface area contributed by atoms with Crippen molar-refractivity contribution < 1.29 is 14.3 Å². The Hall–Kier alpha value is -3.66. The molecule has 2 aliphatic rings. The number of nitrogens with one attached hydrogen (secondary N) is 2. The number of rotatable bonds is 5. The molecular formula is C26H25N3O4. The summed E-state index contributed by atoms with van der Waals surface area (Å²) in [6.07, 6.45) is 4.71. The zero-order valence-corrected chi connectivity index (χ0v) is 18.4. The highest BCUT2D eigenvalue weighted by Gasteiger charge is 2.43. The maximum Gasteiger partial charge on any atom is 0.339 e. The van der Waals surface area contributed by atoms with Gasteiger partial charge >= 0.3 is 5.97 Å². The van der Waals surface area contributed by atoms with Gasteiger partial charge in [0.15, 0.2) is 0 Å². The van der Waals surface area contributed by atoms with E-state index in [4.69, 9.17) is 4.74 Å². The number of ether oxygens (including phenoxy) is 1. The van der Waals surface area contributed by atoms with Crippen molar-refractivity contribution in [2.45, 2.75) is 38.1 Å². The fourth-order valence-electron chi connectivity index (χ4n) is 5.72. The lowest BCUT2D eigenvalue weighted by atomic mass is 9.88. The molecule has 0 spiro atoms. The molecule has 2 bridgehead atoms. The highest BCUT2D eigenvalue weighted by molar-refractivity contribution is 6.12. The molecule has 4 atom stereocenters. The second kappa shape index (κ2) is 8.36. The van der Waals surface area contributed by atoms with Gasteiger partial charge in [-0.05, 0) is 54.2 Å². The van der Waals surface area contributed by atoms with E-state index in [-0.39, 0.29) is 17.4 Å². The van der Waals surface area contributed by atoms with Gasteiger partial charge in [0, 0.05) is 23.1 Å². The maximum absolute atomic E-state index is 12.8. The van der Waals surface area contributed by atoms with Gasteiger partial charge in [-0.1, -0.05) is 30.7 Å². The molecule has 33 heavy (non-hydrogen) atoms. The summed E-state index contributed by atoms with van der Waals surface area (Å²) in [7, 11) is 1.30. The molecule has 0 radical (unpaired) electrons. The average Bonchev–Trinajstić information content (AvgIpc) is 3.47. The first kappa shape index (κ1) is 21.2. The zero-order valence-electron chi connectivity index (χ0n) is 18.4. The first-order valence-electron chi connectivity index (χ1n) is 11.3. The molecule has 2 saturated carbocycles. The van der Waals surface area contributed by atoms with Crippen LogP contribution in [0.3, 0.4) is 0 Å². The van der Waals surface area contributed by atoms with E-state index in [0.29, 0.717) is 40.1 Å². The topological polar surface area (TPSA) is 112 Å². The normalized spacial score (nSPS) is 22.2. The van der Waals surface area contributed by atoms with Crippen LogP contribution in [0.4, 0.5) is 0 Å². The number of nitriles is 1. The number of hydrogen-bond donors (Lipinski definition) is 2. The van der Waals surface area contributed by atoms with E-state index in [9.17, 15) is 19.6 Å². The van der Waals surface area contributed by atoms with Gasteiger partial charge in [-0.2, -0.15) is 5.26 Å². The van der Waals surface area contributed by atoms with E-state index in [1.807, 2.05) is 18.2 Å². The maximum atomic E-state index is 12.8. The quantitative estimate of drug-likeness (QED) is 0.463. The van der Waals surface area contributed by atoms with E-state index >= 15 is 0 Å². The van der Waals surface area contributed by atoms with Crippen LogP contribution in [0.2, 0.25) is 0 Å². The standard InChI is InChI=1S/C26H25N3O4/c1-33-26(32)20-4-2-3-19-18-8-6-15(12-22(18)25(31)29-23(19)20)10-17(13-27)28-24(30)21-11-14-5-7-16(21)9-14/h2-4,6,8,12,14,16-17,21H,5,7,9-11H2,1H3,(H,28,30)(H,29,31)/t14-,16+,17?,21+/m1/s1. The number of carbonyl (C=O) groups excluding carboxylic acids is 2. The molecule has 2 N–H and O–H groups in total. The molecule has 2 fully saturated rings. The summed E-state index contributed by atoms with van der Waals surface area (Å²) in [4.78, 5) is 40.5. The Morgan fingerprint density at radius 3 is 2.73 bits per heavy atom. The first-order valence-corrected chi connectivity index (χ1v) is 11.3. The highest BCUT2D eigenvalue weighted by Crippen LogP contribution is 2.48. The number of aromatic amines is 1. The van der Waals surface area contributed by atoms with Crippen molar-refractivity contribution in [2.24, 2.45) is 17.8 Å². The second-order valence-electron chi connectivity index (χ2n) is 9.23. The number of nitrogens with zero attached hydrogens (tertiary/aromatic N) is 1. The Balaban J connectivity index is 1.42. The lowest BCUT2D eigenvalue weighted by Crippen LogP contribution is -2.41. The summed E-state index contributed by atoms with van der Waals surface area (Å²) in [5, 5.41) is 14.5.